The van der Waals surface area contributed by atoms with Crippen molar-refractivity contribution in [2.45, 2.75) is 32.5 Å². The second kappa shape index (κ2) is 18.1. The van der Waals surface area contributed by atoms with E-state index in [4.69, 9.17) is 20.7 Å². The summed E-state index contributed by atoms with van der Waals surface area (Å²) in [5.74, 6) is 0. The van der Waals surface area contributed by atoms with Gasteiger partial charge in [-0.25, -0.2) is 19.9 Å². The number of fused-ring (bicyclic) bond motifs is 2. The number of rotatable bonds is 21. The average molecular weight is 583 g/mol. The second-order valence-electron chi connectivity index (χ2n) is 10.5. The Bertz CT molecular complexity index is 1410. The molecule has 10 nitrogen and oxygen atoms in total. The summed E-state index contributed by atoms with van der Waals surface area (Å²) in [5.41, 5.74) is 11.0. The number of nitrogens with zero attached hydrogens (tertiary/aromatic N) is 5. The van der Waals surface area contributed by atoms with Gasteiger partial charge >= 0.3 is 0 Å². The van der Waals surface area contributed by atoms with Gasteiger partial charge in [0.15, 0.2) is 11.3 Å². The van der Waals surface area contributed by atoms with Crippen molar-refractivity contribution < 1.29 is 0 Å². The Morgan fingerprint density at radius 2 is 1.09 bits per heavy atom. The molecular weight excluding hydrogens is 536 g/mol. The van der Waals surface area contributed by atoms with Crippen LogP contribution in [-0.2, 0) is 26.1 Å². The summed E-state index contributed by atoms with van der Waals surface area (Å²) in [7, 11) is 0. The highest BCUT2D eigenvalue weighted by Gasteiger charge is 2.08. The molecule has 0 unspecified atom stereocenters. The monoisotopic (exact) mass is 582 g/mol. The SMILES string of the molecule is C=[C+]Cc1ccc2ccc(CNCCN(CC[CH2+])CCNCc3ccc4ccc(CNCCNCCN)nc4n3)nc2n1. The molecule has 43 heavy (non-hydrogen) atoms. The van der Waals surface area contributed by atoms with Crippen LogP contribution in [0.2, 0.25) is 0 Å². The minimum absolute atomic E-state index is 0.626. The van der Waals surface area contributed by atoms with Gasteiger partial charge in [0.2, 0.25) is 12.5 Å². The third kappa shape index (κ3) is 10.9. The van der Waals surface area contributed by atoms with Crippen molar-refractivity contribution in [2.24, 2.45) is 5.73 Å². The van der Waals surface area contributed by atoms with Gasteiger partial charge in [-0.2, -0.15) is 0 Å². The molecule has 4 rings (SSSR count). The summed E-state index contributed by atoms with van der Waals surface area (Å²) >= 11 is 0. The number of hydrogen-bond donors (Lipinski definition) is 5. The second-order valence-corrected chi connectivity index (χ2v) is 10.5. The lowest BCUT2D eigenvalue weighted by Gasteiger charge is -2.21. The molecule has 4 aromatic rings. The first kappa shape index (κ1) is 32.3. The van der Waals surface area contributed by atoms with Crippen LogP contribution >= 0.6 is 0 Å². The quantitative estimate of drug-likeness (QED) is 0.0736. The highest BCUT2D eigenvalue weighted by molar-refractivity contribution is 5.75. The van der Waals surface area contributed by atoms with Crippen molar-refractivity contribution in [1.29, 1.82) is 0 Å². The molecule has 0 fully saturated rings. The zero-order valence-electron chi connectivity index (χ0n) is 25.2. The van der Waals surface area contributed by atoms with Gasteiger partial charge in [-0.3, -0.25) is 4.90 Å². The number of allylic oxidation sites excluding steroid dienone is 1. The molecule has 4 heterocycles. The van der Waals surface area contributed by atoms with Crippen molar-refractivity contribution in [1.82, 2.24) is 46.1 Å². The first-order valence-corrected chi connectivity index (χ1v) is 15.2. The third-order valence-corrected chi connectivity index (χ3v) is 7.04. The predicted octanol–water partition coefficient (Wildman–Crippen LogP) is 2.15. The maximum Gasteiger partial charge on any atom is 0.221 e. The maximum atomic E-state index is 5.51. The van der Waals surface area contributed by atoms with Crippen molar-refractivity contribution in [3.63, 3.8) is 0 Å². The number of hydrogen-bond acceptors (Lipinski definition) is 10. The summed E-state index contributed by atoms with van der Waals surface area (Å²) in [4.78, 5) is 21.4. The largest absolute Gasteiger partial charge is 0.329 e. The van der Waals surface area contributed by atoms with E-state index in [9.17, 15) is 0 Å². The smallest absolute Gasteiger partial charge is 0.221 e. The molecule has 4 aromatic heterocycles. The lowest BCUT2D eigenvalue weighted by molar-refractivity contribution is 0.276. The molecule has 0 aromatic carbocycles. The molecule has 0 radical (unpaired) electrons. The normalized spacial score (nSPS) is 11.5. The topological polar surface area (TPSA) is 129 Å². The van der Waals surface area contributed by atoms with Gasteiger partial charge in [-0.1, -0.05) is 0 Å². The van der Waals surface area contributed by atoms with Gasteiger partial charge < -0.3 is 27.0 Å². The minimum atomic E-state index is 0.626. The van der Waals surface area contributed by atoms with Gasteiger partial charge in [0.25, 0.3) is 0 Å². The number of aromatic nitrogens is 4. The zero-order chi connectivity index (χ0) is 30.1. The van der Waals surface area contributed by atoms with Crippen LogP contribution in [0, 0.1) is 13.0 Å². The van der Waals surface area contributed by atoms with Crippen LogP contribution in [0.1, 0.15) is 29.2 Å². The van der Waals surface area contributed by atoms with Crippen LogP contribution in [0.4, 0.5) is 0 Å². The summed E-state index contributed by atoms with van der Waals surface area (Å²) < 4.78 is 0. The fourth-order valence-corrected chi connectivity index (χ4v) is 4.76. The van der Waals surface area contributed by atoms with E-state index in [1.165, 1.54) is 0 Å². The van der Waals surface area contributed by atoms with Gasteiger partial charge in [-0.15, -0.1) is 0 Å². The highest BCUT2D eigenvalue weighted by Crippen LogP contribution is 2.13. The first-order valence-electron chi connectivity index (χ1n) is 15.2. The molecular formula is C33H46N10+2. The fraction of sp³-hybridized carbons (Fsp3) is 0.424. The molecule has 0 aliphatic heterocycles. The summed E-state index contributed by atoms with van der Waals surface area (Å²) in [6.07, 6.45) is 4.40. The molecule has 0 saturated carbocycles. The van der Waals surface area contributed by atoms with E-state index in [1.807, 2.05) is 6.07 Å². The third-order valence-electron chi connectivity index (χ3n) is 7.04. The van der Waals surface area contributed by atoms with E-state index in [0.717, 1.165) is 104 Å². The van der Waals surface area contributed by atoms with Crippen LogP contribution in [0.5, 0.6) is 0 Å². The van der Waals surface area contributed by atoms with Crippen molar-refractivity contribution in [3.8, 4) is 0 Å². The Hall–Kier alpha value is -3.60. The lowest BCUT2D eigenvalue weighted by Crippen LogP contribution is -2.37. The zero-order valence-corrected chi connectivity index (χ0v) is 25.2. The van der Waals surface area contributed by atoms with E-state index >= 15 is 0 Å². The Labute approximate surface area is 256 Å². The molecule has 0 saturated heterocycles. The number of pyridine rings is 4. The molecule has 0 spiro atoms. The molecule has 0 aliphatic carbocycles. The highest BCUT2D eigenvalue weighted by atomic mass is 15.1. The van der Waals surface area contributed by atoms with Crippen LogP contribution in [-0.4, -0.2) is 83.7 Å². The van der Waals surface area contributed by atoms with E-state index in [1.54, 1.807) is 0 Å². The Morgan fingerprint density at radius 3 is 1.58 bits per heavy atom. The molecule has 0 aliphatic rings. The van der Waals surface area contributed by atoms with E-state index < -0.39 is 0 Å². The molecule has 0 atom stereocenters. The standard InChI is InChI=1S/C33H46N10/c1-3-5-28-10-6-26-7-12-30(40-32(26)39-28)24-37-18-21-43(20-4-2)22-19-38-25-31-13-9-27-8-11-29(41-33(27)42-31)23-36-17-16-35-15-14-34/h6-13,35-38H,1-2,4-5,14-25,34H2/q+2. The number of nitrogens with one attached hydrogen (secondary N) is 4. The van der Waals surface area contributed by atoms with E-state index in [-0.39, 0.29) is 0 Å². The van der Waals surface area contributed by atoms with Crippen LogP contribution in [0.15, 0.2) is 55.1 Å². The van der Waals surface area contributed by atoms with Gasteiger partial charge in [0.1, 0.15) is 6.58 Å². The van der Waals surface area contributed by atoms with Gasteiger partial charge in [0.05, 0.1) is 36.1 Å². The Kier molecular flexibility index (Phi) is 13.6. The van der Waals surface area contributed by atoms with Crippen molar-refractivity contribution in [3.05, 3.63) is 90.9 Å². The van der Waals surface area contributed by atoms with Crippen LogP contribution < -0.4 is 27.0 Å². The van der Waals surface area contributed by atoms with Crippen LogP contribution in [0.25, 0.3) is 22.1 Å². The Balaban J connectivity index is 1.17. The average Bonchev–Trinajstić information content (AvgIpc) is 3.02. The molecule has 0 amide bonds. The first-order chi connectivity index (χ1) is 21.2. The minimum Gasteiger partial charge on any atom is -0.329 e. The van der Waals surface area contributed by atoms with Gasteiger partial charge in [0, 0.05) is 89.3 Å². The molecule has 226 valence electrons. The molecule has 6 N–H and O–H groups in total. The predicted molar refractivity (Wildman–Crippen MR) is 175 cm³/mol. The number of nitrogens with two attached hydrogens (primary N) is 1. The maximum absolute atomic E-state index is 5.51. The molecule has 10 heteroatoms. The van der Waals surface area contributed by atoms with E-state index in [0.29, 0.717) is 32.6 Å². The van der Waals surface area contributed by atoms with Gasteiger partial charge in [-0.05, 0) is 48.5 Å². The summed E-state index contributed by atoms with van der Waals surface area (Å²) in [5, 5.41) is 15.9. The lowest BCUT2D eigenvalue weighted by atomic mass is 10.2. The van der Waals surface area contributed by atoms with Crippen molar-refractivity contribution in [2.75, 3.05) is 58.9 Å². The summed E-state index contributed by atoms with van der Waals surface area (Å²) in [6.45, 7) is 17.7. The van der Waals surface area contributed by atoms with Crippen LogP contribution in [0.3, 0.4) is 0 Å². The molecule has 0 bridgehead atoms. The summed E-state index contributed by atoms with van der Waals surface area (Å²) in [6, 6.07) is 16.5. The van der Waals surface area contributed by atoms with E-state index in [2.05, 4.69) is 93.2 Å². The van der Waals surface area contributed by atoms with Crippen molar-refractivity contribution >= 4 is 22.1 Å². The Morgan fingerprint density at radius 1 is 0.628 bits per heavy atom. The fourth-order valence-electron chi connectivity index (χ4n) is 4.76.